The van der Waals surface area contributed by atoms with Crippen molar-refractivity contribution in [2.75, 3.05) is 0 Å². The minimum Gasteiger partial charge on any atom is -0.271 e. The van der Waals surface area contributed by atoms with Crippen LogP contribution in [0.4, 0.5) is 8.78 Å². The Morgan fingerprint density at radius 2 is 2.37 bits per heavy atom. The van der Waals surface area contributed by atoms with Crippen LogP contribution >= 0.6 is 0 Å². The molecule has 3 N–H and O–H groups in total. The molecule has 0 amide bonds. The van der Waals surface area contributed by atoms with Gasteiger partial charge in [0.15, 0.2) is 0 Å². The Kier molecular flexibility index (Phi) is 4.47. The lowest BCUT2D eigenvalue weighted by Crippen LogP contribution is -2.33. The highest BCUT2D eigenvalue weighted by Crippen LogP contribution is 2.40. The van der Waals surface area contributed by atoms with E-state index in [0.717, 1.165) is 17.5 Å². The Morgan fingerprint density at radius 3 is 3.00 bits per heavy atom. The fourth-order valence-electron chi connectivity index (χ4n) is 2.97. The lowest BCUT2D eigenvalue weighted by Gasteiger charge is -2.31. The summed E-state index contributed by atoms with van der Waals surface area (Å²) in [5, 5.41) is 0. The number of alkyl halides is 2. The minimum atomic E-state index is -2.50. The topological polar surface area (TPSA) is 50.9 Å². The van der Waals surface area contributed by atoms with E-state index in [4.69, 9.17) is 5.84 Å². The first-order valence-corrected chi connectivity index (χ1v) is 6.76. The van der Waals surface area contributed by atoms with E-state index in [2.05, 4.69) is 10.4 Å². The number of aromatic nitrogens is 1. The van der Waals surface area contributed by atoms with Gasteiger partial charge in [0, 0.05) is 31.3 Å². The van der Waals surface area contributed by atoms with E-state index < -0.39 is 5.92 Å². The van der Waals surface area contributed by atoms with Gasteiger partial charge in [-0.05, 0) is 49.3 Å². The molecule has 19 heavy (non-hydrogen) atoms. The molecule has 0 saturated heterocycles. The molecule has 0 bridgehead atoms. The zero-order valence-corrected chi connectivity index (χ0v) is 11.2. The average Bonchev–Trinajstić information content (AvgIpc) is 2.36. The summed E-state index contributed by atoms with van der Waals surface area (Å²) >= 11 is 0. The molecule has 1 saturated carbocycles. The average molecular weight is 269 g/mol. The summed E-state index contributed by atoms with van der Waals surface area (Å²) in [4.78, 5) is 4.04. The van der Waals surface area contributed by atoms with Gasteiger partial charge >= 0.3 is 0 Å². The second kappa shape index (κ2) is 5.92. The summed E-state index contributed by atoms with van der Waals surface area (Å²) in [6, 6.07) is 1.82. The summed E-state index contributed by atoms with van der Waals surface area (Å²) in [5.41, 5.74) is 4.84. The molecule has 1 aromatic heterocycles. The maximum atomic E-state index is 13.4. The van der Waals surface area contributed by atoms with Crippen LogP contribution in [0.5, 0.6) is 0 Å². The number of rotatable bonds is 4. The van der Waals surface area contributed by atoms with Crippen LogP contribution in [0.15, 0.2) is 18.5 Å². The first-order chi connectivity index (χ1) is 9.02. The van der Waals surface area contributed by atoms with Crippen molar-refractivity contribution in [3.05, 3.63) is 29.6 Å². The van der Waals surface area contributed by atoms with Gasteiger partial charge in [-0.1, -0.05) is 0 Å². The summed E-state index contributed by atoms with van der Waals surface area (Å²) in [7, 11) is 0. The fourth-order valence-corrected chi connectivity index (χ4v) is 2.97. The molecule has 2 atom stereocenters. The Labute approximate surface area is 112 Å². The molecule has 106 valence electrons. The van der Waals surface area contributed by atoms with Crippen molar-refractivity contribution < 1.29 is 8.78 Å². The van der Waals surface area contributed by atoms with Crippen molar-refractivity contribution in [3.63, 3.8) is 0 Å². The summed E-state index contributed by atoms with van der Waals surface area (Å²) < 4.78 is 26.9. The number of hydrazine groups is 1. The smallest absolute Gasteiger partial charge is 0.248 e. The first-order valence-electron chi connectivity index (χ1n) is 6.76. The monoisotopic (exact) mass is 269 g/mol. The van der Waals surface area contributed by atoms with E-state index in [1.807, 2.05) is 13.0 Å². The normalized spacial score (nSPS) is 24.1. The standard InChI is InChI=1S/C14H21F2N3/c1-10-9-18-6-4-12(10)13(19-17)7-11-3-2-5-14(15,16)8-11/h4,6,9,11,13,19H,2-3,5,7-8,17H2,1H3. The summed E-state index contributed by atoms with van der Waals surface area (Å²) in [6.07, 6.45) is 5.60. The maximum absolute atomic E-state index is 13.4. The lowest BCUT2D eigenvalue weighted by atomic mass is 9.81. The van der Waals surface area contributed by atoms with Crippen molar-refractivity contribution in [2.45, 2.75) is 51.0 Å². The summed E-state index contributed by atoms with van der Waals surface area (Å²) in [6.45, 7) is 1.96. The zero-order chi connectivity index (χ0) is 13.9. The van der Waals surface area contributed by atoms with E-state index in [-0.39, 0.29) is 24.8 Å². The van der Waals surface area contributed by atoms with Crippen LogP contribution in [-0.2, 0) is 0 Å². The van der Waals surface area contributed by atoms with Crippen LogP contribution in [-0.4, -0.2) is 10.9 Å². The quantitative estimate of drug-likeness (QED) is 0.652. The molecule has 1 fully saturated rings. The highest BCUT2D eigenvalue weighted by Gasteiger charge is 2.37. The molecule has 1 aliphatic rings. The van der Waals surface area contributed by atoms with Gasteiger partial charge in [-0.3, -0.25) is 16.3 Å². The fraction of sp³-hybridized carbons (Fsp3) is 0.643. The number of nitrogens with zero attached hydrogens (tertiary/aromatic N) is 1. The molecular formula is C14H21F2N3. The number of pyridine rings is 1. The first kappa shape index (κ1) is 14.3. The molecule has 1 heterocycles. The molecule has 2 unspecified atom stereocenters. The van der Waals surface area contributed by atoms with Gasteiger partial charge in [-0.25, -0.2) is 8.78 Å². The number of hydrogen-bond donors (Lipinski definition) is 2. The maximum Gasteiger partial charge on any atom is 0.248 e. The van der Waals surface area contributed by atoms with E-state index >= 15 is 0 Å². The van der Waals surface area contributed by atoms with Crippen LogP contribution in [0.1, 0.15) is 49.3 Å². The van der Waals surface area contributed by atoms with E-state index in [1.165, 1.54) is 0 Å². The van der Waals surface area contributed by atoms with Crippen LogP contribution in [0.25, 0.3) is 0 Å². The molecule has 1 aliphatic carbocycles. The van der Waals surface area contributed by atoms with Crippen LogP contribution in [0.3, 0.4) is 0 Å². The highest BCUT2D eigenvalue weighted by molar-refractivity contribution is 5.25. The van der Waals surface area contributed by atoms with Crippen molar-refractivity contribution >= 4 is 0 Å². The third kappa shape index (κ3) is 3.70. The van der Waals surface area contributed by atoms with Gasteiger partial charge in [0.2, 0.25) is 5.92 Å². The van der Waals surface area contributed by atoms with Crippen molar-refractivity contribution in [1.82, 2.24) is 10.4 Å². The Bertz CT molecular complexity index is 423. The van der Waals surface area contributed by atoms with Crippen LogP contribution in [0.2, 0.25) is 0 Å². The molecule has 2 rings (SSSR count). The number of aryl methyl sites for hydroxylation is 1. The largest absolute Gasteiger partial charge is 0.271 e. The molecule has 0 radical (unpaired) electrons. The van der Waals surface area contributed by atoms with Gasteiger partial charge in [-0.2, -0.15) is 0 Å². The van der Waals surface area contributed by atoms with Gasteiger partial charge in [0.1, 0.15) is 0 Å². The Hall–Kier alpha value is -1.07. The Morgan fingerprint density at radius 1 is 1.58 bits per heavy atom. The summed E-state index contributed by atoms with van der Waals surface area (Å²) in [5.74, 6) is 3.12. The molecule has 0 aliphatic heterocycles. The lowest BCUT2D eigenvalue weighted by molar-refractivity contribution is -0.0548. The molecule has 5 heteroatoms. The molecule has 0 spiro atoms. The van der Waals surface area contributed by atoms with Crippen LogP contribution < -0.4 is 11.3 Å². The zero-order valence-electron chi connectivity index (χ0n) is 11.2. The van der Waals surface area contributed by atoms with Crippen molar-refractivity contribution in [1.29, 1.82) is 0 Å². The number of halogens is 2. The van der Waals surface area contributed by atoms with Gasteiger partial charge < -0.3 is 0 Å². The Balaban J connectivity index is 2.05. The van der Waals surface area contributed by atoms with E-state index in [9.17, 15) is 8.78 Å². The van der Waals surface area contributed by atoms with E-state index in [1.54, 1.807) is 12.4 Å². The molecule has 0 aromatic carbocycles. The van der Waals surface area contributed by atoms with Gasteiger partial charge in [0.05, 0.1) is 0 Å². The molecular weight excluding hydrogens is 248 g/mol. The van der Waals surface area contributed by atoms with Gasteiger partial charge in [-0.15, -0.1) is 0 Å². The van der Waals surface area contributed by atoms with Crippen LogP contribution in [0, 0.1) is 12.8 Å². The molecule has 3 nitrogen and oxygen atoms in total. The molecule has 1 aromatic rings. The third-order valence-electron chi connectivity index (χ3n) is 3.95. The predicted molar refractivity (Wildman–Crippen MR) is 70.6 cm³/mol. The second-order valence-corrected chi connectivity index (χ2v) is 5.51. The predicted octanol–water partition coefficient (Wildman–Crippen LogP) is 3.11. The SMILES string of the molecule is Cc1cnccc1C(CC1CCCC(F)(F)C1)NN. The minimum absolute atomic E-state index is 0.0185. The number of nitrogens with one attached hydrogen (secondary N) is 1. The van der Waals surface area contributed by atoms with Crippen molar-refractivity contribution in [3.8, 4) is 0 Å². The van der Waals surface area contributed by atoms with Crippen molar-refractivity contribution in [2.24, 2.45) is 11.8 Å². The number of nitrogens with two attached hydrogens (primary N) is 1. The van der Waals surface area contributed by atoms with Gasteiger partial charge in [0.25, 0.3) is 0 Å². The second-order valence-electron chi connectivity index (χ2n) is 5.51. The third-order valence-corrected chi connectivity index (χ3v) is 3.95. The number of hydrogen-bond acceptors (Lipinski definition) is 3. The highest BCUT2D eigenvalue weighted by atomic mass is 19.3. The van der Waals surface area contributed by atoms with E-state index in [0.29, 0.717) is 12.8 Å².